The van der Waals surface area contributed by atoms with E-state index in [1.165, 1.54) is 12.1 Å². The molecule has 0 aliphatic carbocycles. The second kappa shape index (κ2) is 5.06. The summed E-state index contributed by atoms with van der Waals surface area (Å²) in [4.78, 5) is 28.4. The van der Waals surface area contributed by atoms with E-state index in [1.807, 2.05) is 0 Å². The summed E-state index contributed by atoms with van der Waals surface area (Å²) < 4.78 is 13.7. The van der Waals surface area contributed by atoms with Gasteiger partial charge in [0.1, 0.15) is 5.82 Å². The van der Waals surface area contributed by atoms with Crippen molar-refractivity contribution in [2.45, 2.75) is 0 Å². The quantitative estimate of drug-likeness (QED) is 0.681. The molecule has 0 atom stereocenters. The number of fused-ring (bicyclic) bond motifs is 1. The number of amides is 1. The highest BCUT2D eigenvalue weighted by atomic mass is 35.5. The van der Waals surface area contributed by atoms with Crippen LogP contribution in [0.2, 0.25) is 5.02 Å². The minimum atomic E-state index is -0.698. The third-order valence-electron chi connectivity index (χ3n) is 2.96. The molecule has 0 radical (unpaired) electrons. The molecule has 21 heavy (non-hydrogen) atoms. The average Bonchev–Trinajstić information content (AvgIpc) is 2.77. The van der Waals surface area contributed by atoms with Gasteiger partial charge in [0.2, 0.25) is 0 Å². The van der Waals surface area contributed by atoms with Gasteiger partial charge in [-0.15, -0.1) is 0 Å². The smallest absolute Gasteiger partial charge is 0.322 e. The number of carbonyl (C=O) groups is 1. The first-order chi connectivity index (χ1) is 10.0. The average molecular weight is 306 g/mol. The second-order valence-corrected chi connectivity index (χ2v) is 4.80. The summed E-state index contributed by atoms with van der Waals surface area (Å²) in [5.74, 6) is -1.36. The summed E-state index contributed by atoms with van der Waals surface area (Å²) in [5.41, 5.74) is 1.01. The lowest BCUT2D eigenvalue weighted by Gasteiger charge is -2.07. The molecule has 3 N–H and O–H groups in total. The number of H-pyrrole nitrogens is 2. The number of rotatable bonds is 2. The monoisotopic (exact) mass is 305 g/mol. The maximum Gasteiger partial charge on any atom is 0.323 e. The fourth-order valence-electron chi connectivity index (χ4n) is 2.02. The first-order valence-electron chi connectivity index (χ1n) is 6.02. The molecule has 0 saturated carbocycles. The maximum atomic E-state index is 13.7. The van der Waals surface area contributed by atoms with E-state index in [0.29, 0.717) is 16.7 Å². The van der Waals surface area contributed by atoms with E-state index in [0.717, 1.165) is 6.07 Å². The number of carbonyl (C=O) groups excluding carboxylic acids is 1. The van der Waals surface area contributed by atoms with Crippen molar-refractivity contribution in [3.8, 4) is 0 Å². The topological polar surface area (TPSA) is 77.8 Å². The van der Waals surface area contributed by atoms with E-state index in [-0.39, 0.29) is 16.3 Å². The van der Waals surface area contributed by atoms with Gasteiger partial charge in [0.25, 0.3) is 5.91 Å². The molecule has 0 fully saturated rings. The molecule has 0 spiro atoms. The molecule has 0 bridgehead atoms. The zero-order valence-electron chi connectivity index (χ0n) is 10.5. The van der Waals surface area contributed by atoms with E-state index < -0.39 is 11.7 Å². The molecule has 0 aliphatic rings. The number of hydrogen-bond donors (Lipinski definition) is 3. The van der Waals surface area contributed by atoms with Crippen LogP contribution >= 0.6 is 11.6 Å². The summed E-state index contributed by atoms with van der Waals surface area (Å²) in [6.45, 7) is 0. The Morgan fingerprint density at radius 1 is 1.14 bits per heavy atom. The molecular weight excluding hydrogens is 297 g/mol. The van der Waals surface area contributed by atoms with Gasteiger partial charge >= 0.3 is 5.69 Å². The van der Waals surface area contributed by atoms with Gasteiger partial charge in [-0.2, -0.15) is 0 Å². The number of halogens is 2. The van der Waals surface area contributed by atoms with Gasteiger partial charge in [-0.3, -0.25) is 4.79 Å². The highest BCUT2D eigenvalue weighted by Gasteiger charge is 2.16. The zero-order chi connectivity index (χ0) is 15.0. The van der Waals surface area contributed by atoms with Crippen LogP contribution in [-0.4, -0.2) is 15.9 Å². The van der Waals surface area contributed by atoms with Crippen molar-refractivity contribution in [2.24, 2.45) is 0 Å². The Labute approximate surface area is 122 Å². The predicted molar refractivity (Wildman–Crippen MR) is 78.3 cm³/mol. The number of nitrogens with one attached hydrogen (secondary N) is 3. The third-order valence-corrected chi connectivity index (χ3v) is 3.28. The van der Waals surface area contributed by atoms with Gasteiger partial charge in [-0.1, -0.05) is 17.7 Å². The van der Waals surface area contributed by atoms with Crippen LogP contribution in [0.25, 0.3) is 11.0 Å². The molecule has 1 amide bonds. The number of aromatic amines is 2. The summed E-state index contributed by atoms with van der Waals surface area (Å²) in [6.07, 6.45) is 0. The summed E-state index contributed by atoms with van der Waals surface area (Å²) in [6, 6.07) is 8.81. The number of benzene rings is 2. The molecule has 1 heterocycles. The maximum absolute atomic E-state index is 13.7. The van der Waals surface area contributed by atoms with Crippen LogP contribution in [0.15, 0.2) is 41.2 Å². The lowest BCUT2D eigenvalue weighted by molar-refractivity contribution is 0.102. The Kier molecular flexibility index (Phi) is 3.23. The Hall–Kier alpha value is -2.60. The first-order valence-corrected chi connectivity index (χ1v) is 6.40. The molecule has 106 valence electrons. The summed E-state index contributed by atoms with van der Waals surface area (Å²) >= 11 is 5.84. The number of anilines is 1. The Bertz CT molecular complexity index is 880. The Morgan fingerprint density at radius 2 is 1.90 bits per heavy atom. The van der Waals surface area contributed by atoms with Crippen molar-refractivity contribution in [2.75, 3.05) is 5.32 Å². The van der Waals surface area contributed by atoms with E-state index in [4.69, 9.17) is 11.6 Å². The van der Waals surface area contributed by atoms with Crippen molar-refractivity contribution in [1.29, 1.82) is 0 Å². The SMILES string of the molecule is O=C(Nc1ccc2[nH]c(=O)[nH]c2c1)c1c(F)cccc1Cl. The molecule has 0 unspecified atom stereocenters. The van der Waals surface area contributed by atoms with E-state index in [1.54, 1.807) is 18.2 Å². The van der Waals surface area contributed by atoms with Gasteiger partial charge in [0, 0.05) is 5.69 Å². The van der Waals surface area contributed by atoms with Crippen molar-refractivity contribution in [1.82, 2.24) is 9.97 Å². The standard InChI is InChI=1S/C14H9ClFN3O2/c15-8-2-1-3-9(16)12(8)13(20)17-7-4-5-10-11(6-7)19-14(21)18-10/h1-6H,(H,17,20)(H2,18,19,21). The summed E-state index contributed by atoms with van der Waals surface area (Å²) in [5, 5.41) is 2.57. The molecule has 0 aliphatic heterocycles. The molecular formula is C14H9ClFN3O2. The summed E-state index contributed by atoms with van der Waals surface area (Å²) in [7, 11) is 0. The van der Waals surface area contributed by atoms with Crippen LogP contribution in [0, 0.1) is 5.82 Å². The van der Waals surface area contributed by atoms with Gasteiger partial charge < -0.3 is 15.3 Å². The predicted octanol–water partition coefficient (Wildman–Crippen LogP) is 2.90. The minimum Gasteiger partial charge on any atom is -0.322 e. The van der Waals surface area contributed by atoms with Gasteiger partial charge in [0.05, 0.1) is 21.6 Å². The molecule has 3 rings (SSSR count). The number of hydrogen-bond acceptors (Lipinski definition) is 2. The second-order valence-electron chi connectivity index (χ2n) is 4.39. The minimum absolute atomic E-state index is 0.0311. The highest BCUT2D eigenvalue weighted by molar-refractivity contribution is 6.34. The Balaban J connectivity index is 1.94. The molecule has 7 heteroatoms. The first kappa shape index (κ1) is 13.4. The van der Waals surface area contributed by atoms with Crippen LogP contribution in [0.5, 0.6) is 0 Å². The molecule has 2 aromatic carbocycles. The van der Waals surface area contributed by atoms with Gasteiger partial charge in [-0.05, 0) is 30.3 Å². The van der Waals surface area contributed by atoms with Crippen LogP contribution in [0.3, 0.4) is 0 Å². The van der Waals surface area contributed by atoms with Crippen LogP contribution in [0.1, 0.15) is 10.4 Å². The van der Waals surface area contributed by atoms with Crippen LogP contribution in [0.4, 0.5) is 10.1 Å². The number of aromatic nitrogens is 2. The van der Waals surface area contributed by atoms with E-state index in [2.05, 4.69) is 15.3 Å². The fourth-order valence-corrected chi connectivity index (χ4v) is 2.27. The molecule has 3 aromatic rings. The van der Waals surface area contributed by atoms with Crippen molar-refractivity contribution in [3.63, 3.8) is 0 Å². The third kappa shape index (κ3) is 2.53. The largest absolute Gasteiger partial charge is 0.323 e. The van der Waals surface area contributed by atoms with E-state index in [9.17, 15) is 14.0 Å². The number of imidazole rings is 1. The molecule has 1 aromatic heterocycles. The van der Waals surface area contributed by atoms with E-state index >= 15 is 0 Å². The van der Waals surface area contributed by atoms with Gasteiger partial charge in [0.15, 0.2) is 0 Å². The van der Waals surface area contributed by atoms with Crippen LogP contribution in [-0.2, 0) is 0 Å². The van der Waals surface area contributed by atoms with Gasteiger partial charge in [-0.25, -0.2) is 9.18 Å². The molecule has 5 nitrogen and oxygen atoms in total. The zero-order valence-corrected chi connectivity index (χ0v) is 11.3. The highest BCUT2D eigenvalue weighted by Crippen LogP contribution is 2.21. The van der Waals surface area contributed by atoms with Crippen molar-refractivity contribution < 1.29 is 9.18 Å². The fraction of sp³-hybridized carbons (Fsp3) is 0. The lowest BCUT2D eigenvalue weighted by Crippen LogP contribution is -2.14. The Morgan fingerprint density at radius 3 is 2.67 bits per heavy atom. The van der Waals surface area contributed by atoms with Crippen LogP contribution < -0.4 is 11.0 Å². The normalized spacial score (nSPS) is 10.8. The van der Waals surface area contributed by atoms with Crippen molar-refractivity contribution in [3.05, 3.63) is 63.3 Å². The van der Waals surface area contributed by atoms with Crippen molar-refractivity contribution >= 4 is 34.2 Å². The lowest BCUT2D eigenvalue weighted by atomic mass is 10.2. The molecule has 0 saturated heterocycles.